The summed E-state index contributed by atoms with van der Waals surface area (Å²) in [5, 5.41) is 4.34. The van der Waals surface area contributed by atoms with Crippen LogP contribution in [0.25, 0.3) is 11.4 Å². The van der Waals surface area contributed by atoms with Crippen LogP contribution < -0.4 is 14.4 Å². The van der Waals surface area contributed by atoms with Gasteiger partial charge in [0.05, 0.1) is 18.7 Å². The number of rotatable bonds is 5. The van der Waals surface area contributed by atoms with E-state index in [1.807, 2.05) is 0 Å². The number of hydrogen-bond donors (Lipinski definition) is 0. The molecular formula is C20H15ClF3N3O4. The number of carbonyl (C=O) groups is 1. The zero-order chi connectivity index (χ0) is 22.2. The van der Waals surface area contributed by atoms with Crippen molar-refractivity contribution in [3.8, 4) is 22.9 Å². The topological polar surface area (TPSA) is 77.7 Å². The van der Waals surface area contributed by atoms with Gasteiger partial charge in [-0.2, -0.15) is 4.98 Å². The Balaban J connectivity index is 1.51. The number of amides is 1. The number of carbonyl (C=O) groups excluding carboxylic acids is 1. The van der Waals surface area contributed by atoms with Gasteiger partial charge in [-0.05, 0) is 42.5 Å². The normalized spacial score (nSPS) is 16.6. The van der Waals surface area contributed by atoms with Gasteiger partial charge in [-0.15, -0.1) is 13.2 Å². The van der Waals surface area contributed by atoms with Crippen LogP contribution in [0.5, 0.6) is 11.5 Å². The molecule has 1 aliphatic heterocycles. The maximum Gasteiger partial charge on any atom is 0.573 e. The molecule has 1 aromatic heterocycles. The number of benzene rings is 2. The first-order valence-electron chi connectivity index (χ1n) is 9.07. The summed E-state index contributed by atoms with van der Waals surface area (Å²) < 4.78 is 51.3. The molecule has 1 aliphatic rings. The van der Waals surface area contributed by atoms with Gasteiger partial charge in [-0.1, -0.05) is 16.8 Å². The molecule has 0 bridgehead atoms. The molecule has 162 valence electrons. The molecule has 0 saturated carbocycles. The molecule has 1 unspecified atom stereocenters. The van der Waals surface area contributed by atoms with Crippen LogP contribution in [0.15, 0.2) is 47.0 Å². The average Bonchev–Trinajstić information content (AvgIpc) is 3.34. The van der Waals surface area contributed by atoms with Gasteiger partial charge in [0.25, 0.3) is 0 Å². The number of alkyl halides is 3. The molecule has 0 N–H and O–H groups in total. The second-order valence-corrected chi connectivity index (χ2v) is 7.19. The smallest absolute Gasteiger partial charge is 0.495 e. The lowest BCUT2D eigenvalue weighted by atomic mass is 10.1. The SMILES string of the molecule is COc1ccc(Cl)cc1N1CC(c2nc(-c3ccc(OC(F)(F)F)cc3)no2)CC1=O. The molecule has 11 heteroatoms. The van der Waals surface area contributed by atoms with E-state index in [2.05, 4.69) is 14.9 Å². The van der Waals surface area contributed by atoms with Crippen molar-refractivity contribution in [1.29, 1.82) is 0 Å². The van der Waals surface area contributed by atoms with E-state index in [4.69, 9.17) is 20.9 Å². The Morgan fingerprint density at radius 1 is 1.19 bits per heavy atom. The largest absolute Gasteiger partial charge is 0.573 e. The highest BCUT2D eigenvalue weighted by Gasteiger charge is 2.36. The van der Waals surface area contributed by atoms with Crippen molar-refractivity contribution in [2.45, 2.75) is 18.7 Å². The minimum absolute atomic E-state index is 0.148. The highest BCUT2D eigenvalue weighted by atomic mass is 35.5. The van der Waals surface area contributed by atoms with Crippen molar-refractivity contribution in [2.24, 2.45) is 0 Å². The molecular weight excluding hydrogens is 439 g/mol. The van der Waals surface area contributed by atoms with Crippen molar-refractivity contribution in [1.82, 2.24) is 10.1 Å². The minimum atomic E-state index is -4.77. The number of aromatic nitrogens is 2. The fraction of sp³-hybridized carbons (Fsp3) is 0.250. The highest BCUT2D eigenvalue weighted by molar-refractivity contribution is 6.31. The van der Waals surface area contributed by atoms with Crippen molar-refractivity contribution >= 4 is 23.2 Å². The summed E-state index contributed by atoms with van der Waals surface area (Å²) in [5.41, 5.74) is 0.990. The van der Waals surface area contributed by atoms with Crippen molar-refractivity contribution in [3.05, 3.63) is 53.4 Å². The van der Waals surface area contributed by atoms with Gasteiger partial charge in [0.1, 0.15) is 11.5 Å². The van der Waals surface area contributed by atoms with Crippen LogP contribution in [0, 0.1) is 0 Å². The number of nitrogens with zero attached hydrogens (tertiary/aromatic N) is 3. The van der Waals surface area contributed by atoms with E-state index < -0.39 is 6.36 Å². The summed E-state index contributed by atoms with van der Waals surface area (Å²) in [5.74, 6) is 0.0877. The van der Waals surface area contributed by atoms with Gasteiger partial charge in [0.15, 0.2) is 0 Å². The van der Waals surface area contributed by atoms with E-state index in [0.29, 0.717) is 22.0 Å². The van der Waals surface area contributed by atoms with Crippen LogP contribution in [0.1, 0.15) is 18.2 Å². The molecule has 4 rings (SSSR count). The van der Waals surface area contributed by atoms with Crippen LogP contribution in [0.3, 0.4) is 0 Å². The number of methoxy groups -OCH3 is 1. The molecule has 1 atom stereocenters. The monoisotopic (exact) mass is 453 g/mol. The molecule has 1 fully saturated rings. The van der Waals surface area contributed by atoms with Crippen LogP contribution in [-0.2, 0) is 4.79 Å². The zero-order valence-corrected chi connectivity index (χ0v) is 16.8. The summed E-state index contributed by atoms with van der Waals surface area (Å²) in [6, 6.07) is 10.1. The Bertz CT molecular complexity index is 1100. The Kier molecular flexibility index (Phi) is 5.48. The molecule has 0 radical (unpaired) electrons. The van der Waals surface area contributed by atoms with Crippen LogP contribution in [0.4, 0.5) is 18.9 Å². The van der Waals surface area contributed by atoms with Crippen molar-refractivity contribution < 1.29 is 32.0 Å². The van der Waals surface area contributed by atoms with E-state index in [-0.39, 0.29) is 42.3 Å². The quantitative estimate of drug-likeness (QED) is 0.551. The fourth-order valence-electron chi connectivity index (χ4n) is 3.30. The molecule has 7 nitrogen and oxygen atoms in total. The number of halogens is 4. The lowest BCUT2D eigenvalue weighted by molar-refractivity contribution is -0.274. The molecule has 2 heterocycles. The number of anilines is 1. The highest BCUT2D eigenvalue weighted by Crippen LogP contribution is 2.38. The van der Waals surface area contributed by atoms with E-state index in [9.17, 15) is 18.0 Å². The number of hydrogen-bond acceptors (Lipinski definition) is 6. The van der Waals surface area contributed by atoms with Gasteiger partial charge in [0, 0.05) is 23.6 Å². The summed E-state index contributed by atoms with van der Waals surface area (Å²) in [4.78, 5) is 18.5. The first-order valence-corrected chi connectivity index (χ1v) is 9.45. The summed E-state index contributed by atoms with van der Waals surface area (Å²) in [7, 11) is 1.50. The van der Waals surface area contributed by atoms with Crippen LogP contribution >= 0.6 is 11.6 Å². The molecule has 0 aliphatic carbocycles. The lowest BCUT2D eigenvalue weighted by Gasteiger charge is -2.19. The van der Waals surface area contributed by atoms with E-state index >= 15 is 0 Å². The van der Waals surface area contributed by atoms with Gasteiger partial charge < -0.3 is 18.9 Å². The van der Waals surface area contributed by atoms with Crippen molar-refractivity contribution in [3.63, 3.8) is 0 Å². The molecule has 1 saturated heterocycles. The van der Waals surface area contributed by atoms with Gasteiger partial charge in [-0.25, -0.2) is 0 Å². The lowest BCUT2D eigenvalue weighted by Crippen LogP contribution is -2.24. The Hall–Kier alpha value is -3.27. The summed E-state index contributed by atoms with van der Waals surface area (Å²) in [6.07, 6.45) is -4.62. The Morgan fingerprint density at radius 2 is 1.94 bits per heavy atom. The van der Waals surface area contributed by atoms with E-state index in [1.165, 1.54) is 19.2 Å². The molecule has 31 heavy (non-hydrogen) atoms. The predicted molar refractivity (Wildman–Crippen MR) is 104 cm³/mol. The fourth-order valence-corrected chi connectivity index (χ4v) is 3.47. The van der Waals surface area contributed by atoms with E-state index in [0.717, 1.165) is 12.1 Å². The van der Waals surface area contributed by atoms with Gasteiger partial charge in [-0.3, -0.25) is 4.79 Å². The van der Waals surface area contributed by atoms with Crippen LogP contribution in [-0.4, -0.2) is 36.1 Å². The maximum atomic E-state index is 12.6. The Morgan fingerprint density at radius 3 is 2.61 bits per heavy atom. The second kappa shape index (κ2) is 8.10. The standard InChI is InChI=1S/C20H15ClF3N3O4/c1-29-16-7-4-13(21)9-15(16)27-10-12(8-17(27)28)19-25-18(26-31-19)11-2-5-14(6-3-11)30-20(22,23)24/h2-7,9,12H,8,10H2,1H3. The van der Waals surface area contributed by atoms with Crippen LogP contribution in [0.2, 0.25) is 5.02 Å². The van der Waals surface area contributed by atoms with E-state index in [1.54, 1.807) is 23.1 Å². The first kappa shape index (κ1) is 21.0. The minimum Gasteiger partial charge on any atom is -0.495 e. The second-order valence-electron chi connectivity index (χ2n) is 6.75. The van der Waals surface area contributed by atoms with Gasteiger partial charge in [0.2, 0.25) is 17.6 Å². The predicted octanol–water partition coefficient (Wildman–Crippen LogP) is 4.82. The average molecular weight is 454 g/mol. The zero-order valence-electron chi connectivity index (χ0n) is 16.0. The maximum absolute atomic E-state index is 12.6. The molecule has 2 aromatic carbocycles. The molecule has 0 spiro atoms. The third-order valence-electron chi connectivity index (χ3n) is 4.69. The summed E-state index contributed by atoms with van der Waals surface area (Å²) in [6.45, 7) is 0.287. The van der Waals surface area contributed by atoms with Gasteiger partial charge >= 0.3 is 6.36 Å². The Labute approximate surface area is 179 Å². The first-order chi connectivity index (χ1) is 14.7. The third-order valence-corrected chi connectivity index (χ3v) is 4.93. The molecule has 1 amide bonds. The summed E-state index contributed by atoms with van der Waals surface area (Å²) >= 11 is 6.07. The third kappa shape index (κ3) is 4.58. The van der Waals surface area contributed by atoms with Crippen molar-refractivity contribution in [2.75, 3.05) is 18.6 Å². The number of ether oxygens (including phenoxy) is 2. The molecule has 3 aromatic rings.